The number of amides is 2. The largest absolute Gasteiger partial charge is 0.334 e. The summed E-state index contributed by atoms with van der Waals surface area (Å²) in [5.74, 6) is 1.46. The average Bonchev–Trinajstić information content (AvgIpc) is 3.33. The molecule has 0 aliphatic carbocycles. The van der Waals surface area contributed by atoms with Crippen molar-refractivity contribution in [1.82, 2.24) is 20.4 Å². The molecule has 3 aromatic rings. The maximum absolute atomic E-state index is 13.1. The van der Waals surface area contributed by atoms with Crippen molar-refractivity contribution in [2.24, 2.45) is 5.92 Å². The number of hydrogen-bond acceptors (Lipinski definition) is 5. The molecule has 1 unspecified atom stereocenters. The minimum Gasteiger partial charge on any atom is -0.334 e. The highest BCUT2D eigenvalue weighted by molar-refractivity contribution is 7.98. The Balaban J connectivity index is 1.75. The van der Waals surface area contributed by atoms with Crippen LogP contribution in [-0.4, -0.2) is 33.9 Å². The van der Waals surface area contributed by atoms with Gasteiger partial charge in [0.2, 0.25) is 5.82 Å². The number of benzene rings is 2. The van der Waals surface area contributed by atoms with Crippen LogP contribution < -0.4 is 5.32 Å². The van der Waals surface area contributed by atoms with Crippen molar-refractivity contribution in [3.05, 3.63) is 71.2 Å². The van der Waals surface area contributed by atoms with E-state index >= 15 is 0 Å². The molecule has 1 aliphatic heterocycles. The zero-order chi connectivity index (χ0) is 24.2. The van der Waals surface area contributed by atoms with Crippen LogP contribution in [0.3, 0.4) is 0 Å². The Kier molecular flexibility index (Phi) is 7.41. The fraction of sp³-hybridized carbons (Fsp3) is 0.370. The van der Waals surface area contributed by atoms with Crippen molar-refractivity contribution < 1.29 is 9.32 Å². The molecule has 0 saturated heterocycles. The van der Waals surface area contributed by atoms with E-state index in [1.807, 2.05) is 25.3 Å². The zero-order valence-electron chi connectivity index (χ0n) is 20.5. The maximum Gasteiger partial charge on any atom is 0.322 e. The summed E-state index contributed by atoms with van der Waals surface area (Å²) in [5, 5.41) is 7.45. The molecule has 7 heteroatoms. The molecule has 2 amide bonds. The van der Waals surface area contributed by atoms with Gasteiger partial charge in [0.1, 0.15) is 0 Å². The Morgan fingerprint density at radius 1 is 1.12 bits per heavy atom. The van der Waals surface area contributed by atoms with Crippen LogP contribution in [0.25, 0.3) is 17.0 Å². The lowest BCUT2D eigenvalue weighted by Gasteiger charge is -2.35. The van der Waals surface area contributed by atoms with Gasteiger partial charge in [-0.15, -0.1) is 11.8 Å². The van der Waals surface area contributed by atoms with Gasteiger partial charge in [-0.1, -0.05) is 62.3 Å². The van der Waals surface area contributed by atoms with Crippen LogP contribution in [0.15, 0.2) is 63.6 Å². The van der Waals surface area contributed by atoms with E-state index in [1.54, 1.807) is 16.7 Å². The minimum absolute atomic E-state index is 0.101. The van der Waals surface area contributed by atoms with Gasteiger partial charge >= 0.3 is 6.03 Å². The Hall–Kier alpha value is -3.06. The van der Waals surface area contributed by atoms with Crippen molar-refractivity contribution >= 4 is 23.4 Å². The summed E-state index contributed by atoms with van der Waals surface area (Å²) in [6, 6.07) is 16.0. The third-order valence-electron chi connectivity index (χ3n) is 6.25. The summed E-state index contributed by atoms with van der Waals surface area (Å²) in [6.07, 6.45) is 3.93. The summed E-state index contributed by atoms with van der Waals surface area (Å²) in [4.78, 5) is 20.8. The SMILES string of the molecule is CCc1ccc(-c2noc(C3=C(C)N(CCC(C)C)C(=O)NC3c3ccc(SC)cc3)n2)cc1. The minimum atomic E-state index is -0.366. The van der Waals surface area contributed by atoms with Gasteiger partial charge in [-0.2, -0.15) is 4.98 Å². The molecule has 2 heterocycles. The standard InChI is InChI=1S/C27H32N4O2S/c1-6-19-7-9-21(10-8-19)25-29-26(33-30-25)23-18(4)31(16-15-17(2)3)27(32)28-24(23)20-11-13-22(34-5)14-12-20/h7-14,17,24H,6,15-16H2,1-5H3,(H,28,32). The number of hydrogen-bond donors (Lipinski definition) is 1. The molecule has 178 valence electrons. The van der Waals surface area contributed by atoms with E-state index in [4.69, 9.17) is 9.51 Å². The molecule has 34 heavy (non-hydrogen) atoms. The Labute approximate surface area is 205 Å². The van der Waals surface area contributed by atoms with Crippen molar-refractivity contribution in [2.75, 3.05) is 12.8 Å². The first kappa shape index (κ1) is 24.1. The quantitative estimate of drug-likeness (QED) is 0.373. The maximum atomic E-state index is 13.1. The molecular formula is C27H32N4O2S. The van der Waals surface area contributed by atoms with Gasteiger partial charge in [0.15, 0.2) is 0 Å². The summed E-state index contributed by atoms with van der Waals surface area (Å²) in [6.45, 7) is 9.05. The van der Waals surface area contributed by atoms with Gasteiger partial charge in [0.05, 0.1) is 11.6 Å². The number of nitrogens with zero attached hydrogens (tertiary/aromatic N) is 3. The molecule has 1 aromatic heterocycles. The van der Waals surface area contributed by atoms with E-state index in [-0.39, 0.29) is 12.1 Å². The smallest absolute Gasteiger partial charge is 0.322 e. The van der Waals surface area contributed by atoms with E-state index in [9.17, 15) is 4.79 Å². The lowest BCUT2D eigenvalue weighted by atomic mass is 9.94. The molecule has 1 N–H and O–H groups in total. The van der Waals surface area contributed by atoms with Crippen molar-refractivity contribution in [3.8, 4) is 11.4 Å². The van der Waals surface area contributed by atoms with Gasteiger partial charge in [0, 0.05) is 22.7 Å². The number of carbonyl (C=O) groups is 1. The average molecular weight is 477 g/mol. The second-order valence-electron chi connectivity index (χ2n) is 8.96. The fourth-order valence-electron chi connectivity index (χ4n) is 4.10. The Bertz CT molecular complexity index is 1170. The van der Waals surface area contributed by atoms with Crippen molar-refractivity contribution in [1.29, 1.82) is 0 Å². The normalized spacial score (nSPS) is 16.4. The Morgan fingerprint density at radius 3 is 2.44 bits per heavy atom. The molecule has 0 radical (unpaired) electrons. The van der Waals surface area contributed by atoms with Gasteiger partial charge in [-0.3, -0.25) is 4.90 Å². The summed E-state index contributed by atoms with van der Waals surface area (Å²) < 4.78 is 5.79. The molecule has 2 aromatic carbocycles. The number of nitrogens with one attached hydrogen (secondary N) is 1. The number of carbonyl (C=O) groups excluding carboxylic acids is 1. The molecule has 0 saturated carbocycles. The summed E-state index contributed by atoms with van der Waals surface area (Å²) >= 11 is 1.69. The molecule has 4 rings (SSSR count). The van der Waals surface area contributed by atoms with E-state index < -0.39 is 0 Å². The first-order chi connectivity index (χ1) is 16.4. The highest BCUT2D eigenvalue weighted by Crippen LogP contribution is 2.38. The van der Waals surface area contributed by atoms with Crippen LogP contribution in [0, 0.1) is 5.92 Å². The van der Waals surface area contributed by atoms with Gasteiger partial charge in [-0.05, 0) is 55.2 Å². The third kappa shape index (κ3) is 5.04. The summed E-state index contributed by atoms with van der Waals surface area (Å²) in [5.41, 5.74) is 4.83. The topological polar surface area (TPSA) is 71.3 Å². The van der Waals surface area contributed by atoms with Crippen LogP contribution in [-0.2, 0) is 6.42 Å². The fourth-order valence-corrected chi connectivity index (χ4v) is 4.51. The first-order valence-electron chi connectivity index (χ1n) is 11.8. The zero-order valence-corrected chi connectivity index (χ0v) is 21.3. The lowest BCUT2D eigenvalue weighted by Crippen LogP contribution is -2.46. The number of rotatable bonds is 8. The van der Waals surface area contributed by atoms with Gasteiger partial charge < -0.3 is 9.84 Å². The van der Waals surface area contributed by atoms with Crippen molar-refractivity contribution in [2.45, 2.75) is 51.5 Å². The van der Waals surface area contributed by atoms with Crippen LogP contribution in [0.5, 0.6) is 0 Å². The molecule has 1 aliphatic rings. The van der Waals surface area contributed by atoms with E-state index in [1.165, 1.54) is 10.5 Å². The third-order valence-corrected chi connectivity index (χ3v) is 7.00. The molecular weight excluding hydrogens is 444 g/mol. The molecule has 0 bridgehead atoms. The molecule has 0 fully saturated rings. The first-order valence-corrected chi connectivity index (χ1v) is 13.0. The van der Waals surface area contributed by atoms with Crippen molar-refractivity contribution in [3.63, 3.8) is 0 Å². The van der Waals surface area contributed by atoms with Gasteiger partial charge in [0.25, 0.3) is 5.89 Å². The highest BCUT2D eigenvalue weighted by atomic mass is 32.2. The van der Waals surface area contributed by atoms with E-state index in [0.717, 1.165) is 35.2 Å². The number of aryl methyl sites for hydroxylation is 1. The predicted octanol–water partition coefficient (Wildman–Crippen LogP) is 6.56. The molecule has 1 atom stereocenters. The lowest BCUT2D eigenvalue weighted by molar-refractivity contribution is 0.202. The van der Waals surface area contributed by atoms with Gasteiger partial charge in [-0.25, -0.2) is 4.79 Å². The number of aromatic nitrogens is 2. The summed E-state index contributed by atoms with van der Waals surface area (Å²) in [7, 11) is 0. The van der Waals surface area contributed by atoms with Crippen LogP contribution >= 0.6 is 11.8 Å². The van der Waals surface area contributed by atoms with E-state index in [0.29, 0.717) is 24.2 Å². The molecule has 0 spiro atoms. The highest BCUT2D eigenvalue weighted by Gasteiger charge is 2.35. The Morgan fingerprint density at radius 2 is 1.82 bits per heavy atom. The van der Waals surface area contributed by atoms with E-state index in [2.05, 4.69) is 67.6 Å². The van der Waals surface area contributed by atoms with Crippen LogP contribution in [0.1, 0.15) is 57.2 Å². The second-order valence-corrected chi connectivity index (χ2v) is 9.84. The number of allylic oxidation sites excluding steroid dienone is 1. The number of urea groups is 1. The monoisotopic (exact) mass is 476 g/mol. The predicted molar refractivity (Wildman–Crippen MR) is 137 cm³/mol. The number of thioether (sulfide) groups is 1. The van der Waals surface area contributed by atoms with Crippen LogP contribution in [0.4, 0.5) is 4.79 Å². The van der Waals surface area contributed by atoms with Crippen LogP contribution in [0.2, 0.25) is 0 Å². The molecule has 6 nitrogen and oxygen atoms in total. The second kappa shape index (κ2) is 10.5.